The topological polar surface area (TPSA) is 115 Å². The van der Waals surface area contributed by atoms with Crippen LogP contribution in [0.3, 0.4) is 0 Å². The van der Waals surface area contributed by atoms with E-state index in [1.54, 1.807) is 25.1 Å². The van der Waals surface area contributed by atoms with Gasteiger partial charge in [0.2, 0.25) is 10.9 Å². The van der Waals surface area contributed by atoms with E-state index in [0.717, 1.165) is 55.3 Å². The average molecular weight is 591 g/mol. The summed E-state index contributed by atoms with van der Waals surface area (Å²) in [5, 5.41) is 9.26. The zero-order chi connectivity index (χ0) is 29.1. The summed E-state index contributed by atoms with van der Waals surface area (Å²) in [7, 11) is 0. The van der Waals surface area contributed by atoms with Gasteiger partial charge in [-0.05, 0) is 57.5 Å². The summed E-state index contributed by atoms with van der Waals surface area (Å²) in [5.41, 5.74) is 2.33. The SMILES string of the molecule is CCOC(=O)c1nc2c(nc(CN3CCC(c4cccc(OCc5ccc(C#N)cc5F)n4)CC3)n2CC2CCO2)s1. The maximum atomic E-state index is 14.2. The molecule has 5 heterocycles. The van der Waals surface area contributed by atoms with Gasteiger partial charge in [0, 0.05) is 29.8 Å². The van der Waals surface area contributed by atoms with Crippen LogP contribution < -0.4 is 4.74 Å². The summed E-state index contributed by atoms with van der Waals surface area (Å²) >= 11 is 1.27. The second-order valence-electron chi connectivity index (χ2n) is 10.4. The van der Waals surface area contributed by atoms with E-state index in [2.05, 4.69) is 14.5 Å². The largest absolute Gasteiger partial charge is 0.473 e. The molecule has 1 unspecified atom stereocenters. The summed E-state index contributed by atoms with van der Waals surface area (Å²) < 4.78 is 33.0. The van der Waals surface area contributed by atoms with Crippen molar-refractivity contribution in [1.29, 1.82) is 5.26 Å². The molecule has 2 aliphatic heterocycles. The van der Waals surface area contributed by atoms with Crippen LogP contribution in [0, 0.1) is 17.1 Å². The molecule has 2 aliphatic rings. The maximum Gasteiger partial charge on any atom is 0.367 e. The Bertz CT molecular complexity index is 1620. The fourth-order valence-electron chi connectivity index (χ4n) is 5.29. The highest BCUT2D eigenvalue weighted by molar-refractivity contribution is 7.19. The van der Waals surface area contributed by atoms with Gasteiger partial charge >= 0.3 is 5.97 Å². The van der Waals surface area contributed by atoms with Gasteiger partial charge in [0.25, 0.3) is 0 Å². The van der Waals surface area contributed by atoms with Crippen molar-refractivity contribution < 1.29 is 23.4 Å². The van der Waals surface area contributed by atoms with Crippen molar-refractivity contribution in [3.05, 3.63) is 69.9 Å². The number of ether oxygens (including phenoxy) is 3. The standard InChI is InChI=1S/C30H31FN6O4S/c1-2-39-30(38)29-35-27-28(42-29)34-25(37(27)16-22-10-13-40-22)17-36-11-8-20(9-12-36)24-4-3-5-26(33-24)41-18-21-7-6-19(15-32)14-23(21)31/h3-7,14,20,22H,2,8-13,16-18H2,1H3. The number of aromatic nitrogens is 4. The molecule has 2 saturated heterocycles. The number of nitrogens with zero attached hydrogens (tertiary/aromatic N) is 6. The summed E-state index contributed by atoms with van der Waals surface area (Å²) in [4.78, 5) is 29.5. The van der Waals surface area contributed by atoms with E-state index in [1.807, 2.05) is 18.2 Å². The fourth-order valence-corrected chi connectivity index (χ4v) is 6.14. The van der Waals surface area contributed by atoms with E-state index in [4.69, 9.17) is 29.4 Å². The van der Waals surface area contributed by atoms with Crippen LogP contribution in [0.1, 0.15) is 64.6 Å². The molecule has 0 radical (unpaired) electrons. The number of hydrogen-bond acceptors (Lipinski definition) is 10. The third-order valence-electron chi connectivity index (χ3n) is 7.69. The van der Waals surface area contributed by atoms with E-state index < -0.39 is 11.8 Å². The van der Waals surface area contributed by atoms with Gasteiger partial charge < -0.3 is 18.8 Å². The molecule has 0 amide bonds. The zero-order valence-electron chi connectivity index (χ0n) is 23.3. The molecular weight excluding hydrogens is 559 g/mol. The smallest absolute Gasteiger partial charge is 0.367 e. The molecule has 0 saturated carbocycles. The van der Waals surface area contributed by atoms with Gasteiger partial charge in [0.05, 0.1) is 37.4 Å². The number of benzene rings is 1. The lowest BCUT2D eigenvalue weighted by molar-refractivity contribution is -0.0592. The number of piperidine rings is 1. The molecule has 4 aromatic rings. The number of halogens is 1. The third-order valence-corrected chi connectivity index (χ3v) is 8.61. The third kappa shape index (κ3) is 6.13. The maximum absolute atomic E-state index is 14.2. The highest BCUT2D eigenvalue weighted by Gasteiger charge is 2.28. The van der Waals surface area contributed by atoms with Gasteiger partial charge in [-0.25, -0.2) is 24.1 Å². The Hall–Kier alpha value is -3.92. The molecule has 3 aromatic heterocycles. The number of nitriles is 1. The van der Waals surface area contributed by atoms with Crippen molar-refractivity contribution in [3.8, 4) is 11.9 Å². The van der Waals surface area contributed by atoms with Crippen molar-refractivity contribution in [1.82, 2.24) is 24.4 Å². The number of rotatable bonds is 10. The predicted molar refractivity (Wildman–Crippen MR) is 153 cm³/mol. The Morgan fingerprint density at radius 3 is 2.74 bits per heavy atom. The Kier molecular flexibility index (Phi) is 8.41. The average Bonchev–Trinajstić information content (AvgIpc) is 3.53. The first kappa shape index (κ1) is 28.2. The van der Waals surface area contributed by atoms with Crippen LogP contribution in [0.15, 0.2) is 36.4 Å². The Balaban J connectivity index is 1.09. The molecule has 42 heavy (non-hydrogen) atoms. The van der Waals surface area contributed by atoms with Crippen LogP contribution in [0.4, 0.5) is 4.39 Å². The van der Waals surface area contributed by atoms with E-state index >= 15 is 0 Å². The first-order valence-electron chi connectivity index (χ1n) is 14.2. The molecule has 2 fully saturated rings. The lowest BCUT2D eigenvalue weighted by Gasteiger charge is -2.32. The van der Waals surface area contributed by atoms with Gasteiger partial charge in [0.1, 0.15) is 18.2 Å². The fraction of sp³-hybridized carbons (Fsp3) is 0.433. The number of pyridine rings is 1. The predicted octanol–water partition coefficient (Wildman–Crippen LogP) is 4.82. The van der Waals surface area contributed by atoms with Crippen LogP contribution in [0.25, 0.3) is 10.5 Å². The summed E-state index contributed by atoms with van der Waals surface area (Å²) in [6.45, 7) is 6.01. The van der Waals surface area contributed by atoms with Crippen molar-refractivity contribution >= 4 is 27.8 Å². The summed E-state index contributed by atoms with van der Waals surface area (Å²) in [6.07, 6.45) is 3.01. The first-order valence-corrected chi connectivity index (χ1v) is 15.0. The molecule has 1 atom stereocenters. The van der Waals surface area contributed by atoms with Gasteiger partial charge in [-0.1, -0.05) is 23.5 Å². The lowest BCUT2D eigenvalue weighted by Crippen LogP contribution is -2.35. The molecule has 6 rings (SSSR count). The number of carbonyl (C=O) groups excluding carboxylic acids is 1. The Labute approximate surface area is 246 Å². The molecule has 10 nitrogen and oxygen atoms in total. The minimum Gasteiger partial charge on any atom is -0.473 e. The van der Waals surface area contributed by atoms with Gasteiger partial charge in [-0.15, -0.1) is 0 Å². The number of hydrogen-bond donors (Lipinski definition) is 0. The lowest BCUT2D eigenvalue weighted by atomic mass is 9.93. The quantitative estimate of drug-likeness (QED) is 0.240. The van der Waals surface area contributed by atoms with E-state index in [-0.39, 0.29) is 24.2 Å². The van der Waals surface area contributed by atoms with Crippen LogP contribution >= 0.6 is 11.3 Å². The van der Waals surface area contributed by atoms with Crippen molar-refractivity contribution in [2.24, 2.45) is 0 Å². The Morgan fingerprint density at radius 1 is 1.19 bits per heavy atom. The molecule has 0 aliphatic carbocycles. The highest BCUT2D eigenvalue weighted by atomic mass is 32.1. The minimum absolute atomic E-state index is 0.0403. The molecular formula is C30H31FN6O4S. The number of carbonyl (C=O) groups is 1. The normalized spacial score (nSPS) is 17.6. The van der Waals surface area contributed by atoms with Crippen molar-refractivity contribution in [3.63, 3.8) is 0 Å². The number of likely N-dealkylation sites (tertiary alicyclic amines) is 1. The zero-order valence-corrected chi connectivity index (χ0v) is 24.1. The van der Waals surface area contributed by atoms with Crippen LogP contribution in [-0.2, 0) is 29.2 Å². The summed E-state index contributed by atoms with van der Waals surface area (Å²) in [5.74, 6) is 0.788. The minimum atomic E-state index is -0.464. The molecule has 0 spiro atoms. The highest BCUT2D eigenvalue weighted by Crippen LogP contribution is 2.31. The molecule has 1 aromatic carbocycles. The number of imidazole rings is 1. The van der Waals surface area contributed by atoms with Crippen LogP contribution in [-0.4, -0.2) is 62.8 Å². The van der Waals surface area contributed by atoms with E-state index in [0.29, 0.717) is 41.8 Å². The number of esters is 1. The van der Waals surface area contributed by atoms with Crippen LogP contribution in [0.2, 0.25) is 0 Å². The van der Waals surface area contributed by atoms with E-state index in [1.165, 1.54) is 17.4 Å². The monoisotopic (exact) mass is 590 g/mol. The second kappa shape index (κ2) is 12.5. The van der Waals surface area contributed by atoms with Crippen molar-refractivity contribution in [2.45, 2.75) is 57.9 Å². The van der Waals surface area contributed by atoms with Crippen molar-refractivity contribution in [2.75, 3.05) is 26.3 Å². The molecule has 0 bridgehead atoms. The first-order chi connectivity index (χ1) is 20.5. The van der Waals surface area contributed by atoms with Gasteiger partial charge in [-0.3, -0.25) is 4.90 Å². The number of thiazole rings is 1. The Morgan fingerprint density at radius 2 is 2.02 bits per heavy atom. The molecule has 218 valence electrons. The van der Waals surface area contributed by atoms with E-state index in [9.17, 15) is 9.18 Å². The van der Waals surface area contributed by atoms with Gasteiger partial charge in [-0.2, -0.15) is 5.26 Å². The molecule has 12 heteroatoms. The number of fused-ring (bicyclic) bond motifs is 1. The van der Waals surface area contributed by atoms with Gasteiger partial charge in [0.15, 0.2) is 10.5 Å². The second-order valence-corrected chi connectivity index (χ2v) is 11.4. The van der Waals surface area contributed by atoms with Crippen LogP contribution in [0.5, 0.6) is 5.88 Å². The molecule has 0 N–H and O–H groups in total. The summed E-state index contributed by atoms with van der Waals surface area (Å²) in [6, 6.07) is 12.0.